The van der Waals surface area contributed by atoms with Gasteiger partial charge in [0.2, 0.25) is 0 Å². The van der Waals surface area contributed by atoms with Crippen LogP contribution in [0.5, 0.6) is 0 Å². The van der Waals surface area contributed by atoms with Crippen molar-refractivity contribution in [2.24, 2.45) is 0 Å². The molecule has 20 heavy (non-hydrogen) atoms. The quantitative estimate of drug-likeness (QED) is 0.864. The van der Waals surface area contributed by atoms with E-state index in [4.69, 9.17) is 0 Å². The van der Waals surface area contributed by atoms with Crippen LogP contribution in [0.4, 0.5) is 10.1 Å². The molecular weight excluding hydrogens is 321 g/mol. The maximum absolute atomic E-state index is 12.9. The fraction of sp³-hybridized carbons (Fsp3) is 0.250. The van der Waals surface area contributed by atoms with E-state index in [2.05, 4.69) is 21.2 Å². The Morgan fingerprint density at radius 2 is 1.70 bits per heavy atom. The van der Waals surface area contributed by atoms with Crippen molar-refractivity contribution in [3.63, 3.8) is 0 Å². The van der Waals surface area contributed by atoms with Gasteiger partial charge in [-0.15, -0.1) is 0 Å². The minimum Gasteiger partial charge on any atom is -0.394 e. The van der Waals surface area contributed by atoms with Crippen molar-refractivity contribution in [1.82, 2.24) is 0 Å². The monoisotopic (exact) mass is 337 g/mol. The number of anilines is 1. The van der Waals surface area contributed by atoms with Gasteiger partial charge < -0.3 is 10.4 Å². The van der Waals surface area contributed by atoms with Crippen LogP contribution in [-0.2, 0) is 6.42 Å². The first-order valence-corrected chi connectivity index (χ1v) is 7.19. The van der Waals surface area contributed by atoms with Crippen LogP contribution in [0.3, 0.4) is 0 Å². The molecule has 2 aromatic carbocycles. The number of aliphatic hydroxyl groups is 1. The van der Waals surface area contributed by atoms with Crippen LogP contribution in [0.1, 0.15) is 12.5 Å². The summed E-state index contributed by atoms with van der Waals surface area (Å²) in [5.41, 5.74) is 1.42. The Balaban J connectivity index is 2.12. The van der Waals surface area contributed by atoms with Gasteiger partial charge in [-0.3, -0.25) is 0 Å². The average Bonchev–Trinajstić information content (AvgIpc) is 2.44. The lowest BCUT2D eigenvalue weighted by molar-refractivity contribution is 0.222. The second kappa shape index (κ2) is 6.37. The maximum atomic E-state index is 12.9. The van der Waals surface area contributed by atoms with E-state index >= 15 is 0 Å². The molecule has 0 amide bonds. The molecule has 0 saturated heterocycles. The molecule has 0 fully saturated rings. The summed E-state index contributed by atoms with van der Waals surface area (Å²) in [6, 6.07) is 14.1. The van der Waals surface area contributed by atoms with Gasteiger partial charge in [0.1, 0.15) is 5.82 Å². The highest BCUT2D eigenvalue weighted by Gasteiger charge is 2.23. The lowest BCUT2D eigenvalue weighted by atomic mass is 9.93. The largest absolute Gasteiger partial charge is 0.394 e. The summed E-state index contributed by atoms with van der Waals surface area (Å²) < 4.78 is 13.9. The second-order valence-electron chi connectivity index (χ2n) is 5.15. The van der Waals surface area contributed by atoms with Crippen molar-refractivity contribution >= 4 is 21.6 Å². The van der Waals surface area contributed by atoms with Crippen LogP contribution in [0.25, 0.3) is 0 Å². The smallest absolute Gasteiger partial charge is 0.123 e. The number of aliphatic hydroxyl groups excluding tert-OH is 1. The normalized spacial score (nSPS) is 13.8. The van der Waals surface area contributed by atoms with Crippen LogP contribution in [0, 0.1) is 5.82 Å². The van der Waals surface area contributed by atoms with Gasteiger partial charge in [-0.1, -0.05) is 28.1 Å². The molecule has 0 radical (unpaired) electrons. The number of halogens is 2. The molecule has 4 heteroatoms. The minimum absolute atomic E-state index is 0.0135. The van der Waals surface area contributed by atoms with Crippen LogP contribution in [0.2, 0.25) is 0 Å². The van der Waals surface area contributed by atoms with Crippen LogP contribution >= 0.6 is 15.9 Å². The molecule has 1 unspecified atom stereocenters. The molecule has 0 bridgehead atoms. The molecule has 106 valence electrons. The molecule has 1 atom stereocenters. The summed E-state index contributed by atoms with van der Waals surface area (Å²) in [5.74, 6) is -0.250. The number of benzene rings is 2. The van der Waals surface area contributed by atoms with Gasteiger partial charge in [0.15, 0.2) is 0 Å². The summed E-state index contributed by atoms with van der Waals surface area (Å²) >= 11 is 3.39. The van der Waals surface area contributed by atoms with E-state index in [1.807, 2.05) is 31.2 Å². The van der Waals surface area contributed by atoms with Gasteiger partial charge >= 0.3 is 0 Å². The molecular formula is C16H17BrFNO. The van der Waals surface area contributed by atoms with Gasteiger partial charge in [-0.2, -0.15) is 0 Å². The predicted molar refractivity (Wildman–Crippen MR) is 83.4 cm³/mol. The number of hydrogen-bond donors (Lipinski definition) is 2. The van der Waals surface area contributed by atoms with Crippen molar-refractivity contribution in [1.29, 1.82) is 0 Å². The Hall–Kier alpha value is -1.39. The van der Waals surface area contributed by atoms with E-state index in [1.165, 1.54) is 12.1 Å². The highest BCUT2D eigenvalue weighted by Crippen LogP contribution is 2.21. The Morgan fingerprint density at radius 1 is 1.10 bits per heavy atom. The summed E-state index contributed by atoms with van der Waals surface area (Å²) in [6.45, 7) is 1.93. The average molecular weight is 338 g/mol. The predicted octanol–water partition coefficient (Wildman–Crippen LogP) is 3.99. The molecule has 0 aliphatic heterocycles. The first-order chi connectivity index (χ1) is 9.50. The first-order valence-electron chi connectivity index (χ1n) is 6.40. The highest BCUT2D eigenvalue weighted by molar-refractivity contribution is 9.10. The first kappa shape index (κ1) is 15.0. The zero-order valence-electron chi connectivity index (χ0n) is 11.2. The molecule has 2 N–H and O–H groups in total. The van der Waals surface area contributed by atoms with E-state index in [-0.39, 0.29) is 12.4 Å². The topological polar surface area (TPSA) is 32.3 Å². The van der Waals surface area contributed by atoms with E-state index in [0.717, 1.165) is 15.7 Å². The summed E-state index contributed by atoms with van der Waals surface area (Å²) in [6.07, 6.45) is 0.611. The number of nitrogens with one attached hydrogen (secondary N) is 1. The van der Waals surface area contributed by atoms with Crippen molar-refractivity contribution in [2.75, 3.05) is 11.9 Å². The molecule has 0 heterocycles. The Morgan fingerprint density at radius 3 is 2.25 bits per heavy atom. The van der Waals surface area contributed by atoms with Crippen molar-refractivity contribution in [3.8, 4) is 0 Å². The Bertz CT molecular complexity index is 506. The van der Waals surface area contributed by atoms with Crippen molar-refractivity contribution in [3.05, 3.63) is 64.4 Å². The minimum atomic E-state index is -0.494. The highest BCUT2D eigenvalue weighted by atomic mass is 79.9. The molecule has 0 aromatic heterocycles. The van der Waals surface area contributed by atoms with Crippen LogP contribution < -0.4 is 5.32 Å². The molecule has 2 rings (SSSR count). The van der Waals surface area contributed by atoms with Crippen LogP contribution in [0.15, 0.2) is 53.0 Å². The molecule has 0 saturated carbocycles. The molecule has 2 aromatic rings. The van der Waals surface area contributed by atoms with E-state index in [1.54, 1.807) is 12.1 Å². The summed E-state index contributed by atoms with van der Waals surface area (Å²) in [5, 5.41) is 13.0. The fourth-order valence-corrected chi connectivity index (χ4v) is 2.34. The molecule has 0 aliphatic carbocycles. The third kappa shape index (κ3) is 4.05. The van der Waals surface area contributed by atoms with E-state index in [0.29, 0.717) is 6.42 Å². The zero-order valence-corrected chi connectivity index (χ0v) is 12.8. The fourth-order valence-electron chi connectivity index (χ4n) is 2.07. The van der Waals surface area contributed by atoms with E-state index < -0.39 is 5.54 Å². The Kier molecular flexibility index (Phi) is 4.78. The third-order valence-corrected chi connectivity index (χ3v) is 3.68. The van der Waals surface area contributed by atoms with Gasteiger partial charge in [-0.05, 0) is 55.3 Å². The van der Waals surface area contributed by atoms with E-state index in [9.17, 15) is 9.50 Å². The Labute approximate surface area is 126 Å². The zero-order chi connectivity index (χ0) is 14.6. The summed E-state index contributed by atoms with van der Waals surface area (Å²) in [7, 11) is 0. The van der Waals surface area contributed by atoms with Gasteiger partial charge in [0.05, 0.1) is 12.1 Å². The SMILES string of the molecule is CC(CO)(Cc1ccc(F)cc1)Nc1ccc(Br)cc1. The van der Waals surface area contributed by atoms with Crippen molar-refractivity contribution < 1.29 is 9.50 Å². The van der Waals surface area contributed by atoms with Crippen molar-refractivity contribution in [2.45, 2.75) is 18.9 Å². The second-order valence-corrected chi connectivity index (χ2v) is 6.07. The molecule has 2 nitrogen and oxygen atoms in total. The summed E-state index contributed by atoms with van der Waals surface area (Å²) in [4.78, 5) is 0. The van der Waals surface area contributed by atoms with Crippen LogP contribution in [-0.4, -0.2) is 17.3 Å². The standard InChI is InChI=1S/C16H17BrFNO/c1-16(11-20,10-12-2-6-14(18)7-3-12)19-15-8-4-13(17)5-9-15/h2-9,19-20H,10-11H2,1H3. The van der Waals surface area contributed by atoms with Gasteiger partial charge in [0.25, 0.3) is 0 Å². The maximum Gasteiger partial charge on any atom is 0.123 e. The lowest BCUT2D eigenvalue weighted by Gasteiger charge is -2.30. The third-order valence-electron chi connectivity index (χ3n) is 3.15. The van der Waals surface area contributed by atoms with Gasteiger partial charge in [-0.25, -0.2) is 4.39 Å². The molecule has 0 spiro atoms. The number of hydrogen-bond acceptors (Lipinski definition) is 2. The lowest BCUT2D eigenvalue weighted by Crippen LogP contribution is -2.41. The number of rotatable bonds is 5. The van der Waals surface area contributed by atoms with Gasteiger partial charge in [0, 0.05) is 10.2 Å². The molecule has 0 aliphatic rings.